The Bertz CT molecular complexity index is 700. The molecule has 1 saturated heterocycles. The van der Waals surface area contributed by atoms with Crippen LogP contribution in [0.1, 0.15) is 4.88 Å². The van der Waals surface area contributed by atoms with Gasteiger partial charge in [-0.15, -0.1) is 11.3 Å². The van der Waals surface area contributed by atoms with E-state index in [0.717, 1.165) is 32.7 Å². The van der Waals surface area contributed by atoms with Crippen molar-refractivity contribution in [3.63, 3.8) is 0 Å². The van der Waals surface area contributed by atoms with Gasteiger partial charge in [-0.05, 0) is 29.6 Å². The van der Waals surface area contributed by atoms with Crippen molar-refractivity contribution in [3.05, 3.63) is 45.6 Å². The first-order valence-corrected chi connectivity index (χ1v) is 9.72. The van der Waals surface area contributed by atoms with Crippen molar-refractivity contribution in [2.24, 2.45) is 0 Å². The van der Waals surface area contributed by atoms with E-state index in [9.17, 15) is 4.79 Å². The highest BCUT2D eigenvalue weighted by atomic mass is 35.5. The Balaban J connectivity index is 1.44. The van der Waals surface area contributed by atoms with Crippen LogP contribution in [-0.2, 0) is 11.3 Å². The van der Waals surface area contributed by atoms with Gasteiger partial charge in [0.2, 0.25) is 0 Å². The molecule has 0 atom stereocenters. The Morgan fingerprint density at radius 1 is 1.24 bits per heavy atom. The van der Waals surface area contributed by atoms with Crippen LogP contribution in [0.2, 0.25) is 5.02 Å². The normalized spacial score (nSPS) is 20.2. The number of rotatable bonds is 6. The number of hydrogen-bond acceptors (Lipinski definition) is 3. The summed E-state index contributed by atoms with van der Waals surface area (Å²) in [6, 6.07) is 9.59. The van der Waals surface area contributed by atoms with Gasteiger partial charge in [-0.3, -0.25) is 4.79 Å². The first-order chi connectivity index (χ1) is 12.1. The van der Waals surface area contributed by atoms with E-state index in [4.69, 9.17) is 16.3 Å². The predicted molar refractivity (Wildman–Crippen MR) is 101 cm³/mol. The minimum Gasteiger partial charge on any atom is -0.495 e. The molecule has 0 unspecified atom stereocenters. The van der Waals surface area contributed by atoms with Gasteiger partial charge in [-0.25, -0.2) is 0 Å². The number of benzene rings is 1. The zero-order valence-corrected chi connectivity index (χ0v) is 15.9. The van der Waals surface area contributed by atoms with Crippen LogP contribution in [0.15, 0.2) is 35.7 Å². The Morgan fingerprint density at radius 2 is 2.00 bits per heavy atom. The first-order valence-electron chi connectivity index (χ1n) is 8.47. The van der Waals surface area contributed by atoms with E-state index in [-0.39, 0.29) is 5.91 Å². The summed E-state index contributed by atoms with van der Waals surface area (Å²) in [5, 5.41) is 5.55. The van der Waals surface area contributed by atoms with Crippen LogP contribution in [0.5, 0.6) is 5.75 Å². The third-order valence-electron chi connectivity index (χ3n) is 4.51. The zero-order valence-electron chi connectivity index (χ0n) is 14.3. The lowest BCUT2D eigenvalue weighted by atomic mass is 10.2. The van der Waals surface area contributed by atoms with Gasteiger partial charge in [0.15, 0.2) is 6.54 Å². The quantitative estimate of drug-likeness (QED) is 0.675. The number of methoxy groups -OCH3 is 1. The third kappa shape index (κ3) is 5.19. The number of ether oxygens (including phenoxy) is 1. The summed E-state index contributed by atoms with van der Waals surface area (Å²) in [7, 11) is 1.57. The Hall–Kier alpha value is -1.60. The summed E-state index contributed by atoms with van der Waals surface area (Å²) in [5.74, 6) is 0.632. The molecular formula is C18H24ClN3O2S+2. The molecule has 2 heterocycles. The van der Waals surface area contributed by atoms with E-state index in [1.165, 1.54) is 9.78 Å². The number of hydrogen-bond donors (Lipinski definition) is 3. The highest BCUT2D eigenvalue weighted by molar-refractivity contribution is 7.09. The van der Waals surface area contributed by atoms with Gasteiger partial charge in [-0.1, -0.05) is 17.7 Å². The molecule has 2 aromatic rings. The molecule has 0 saturated carbocycles. The molecule has 7 heteroatoms. The molecular weight excluding hydrogens is 358 g/mol. The molecule has 1 amide bonds. The van der Waals surface area contributed by atoms with E-state index < -0.39 is 0 Å². The second kappa shape index (κ2) is 8.67. The molecule has 5 nitrogen and oxygen atoms in total. The summed E-state index contributed by atoms with van der Waals surface area (Å²) in [4.78, 5) is 16.7. The largest absolute Gasteiger partial charge is 0.495 e. The number of nitrogens with one attached hydrogen (secondary N) is 3. The van der Waals surface area contributed by atoms with E-state index in [1.807, 2.05) is 11.3 Å². The van der Waals surface area contributed by atoms with Crippen molar-refractivity contribution >= 4 is 34.5 Å². The standard InChI is InChI=1S/C18H22ClN3O2S/c1-24-17-5-4-14(11-16(17)19)20-18(23)13-22-8-6-21(7-9-22)12-15-3-2-10-25-15/h2-5,10-11H,6-9,12-13H2,1H3,(H,20,23)/p+2. The summed E-state index contributed by atoms with van der Waals surface area (Å²) < 4.78 is 5.12. The minimum atomic E-state index is 0.0259. The van der Waals surface area contributed by atoms with E-state index >= 15 is 0 Å². The van der Waals surface area contributed by atoms with Crippen LogP contribution in [0.3, 0.4) is 0 Å². The molecule has 1 aromatic carbocycles. The lowest BCUT2D eigenvalue weighted by Crippen LogP contribution is -3.28. The Labute approximate surface area is 157 Å². The first kappa shape index (κ1) is 18.2. The Morgan fingerprint density at radius 3 is 2.64 bits per heavy atom. The zero-order chi connectivity index (χ0) is 17.6. The fourth-order valence-electron chi connectivity index (χ4n) is 3.15. The maximum absolute atomic E-state index is 12.3. The number of quaternary nitrogens is 2. The molecule has 1 aliphatic heterocycles. The average Bonchev–Trinajstić information content (AvgIpc) is 3.10. The molecule has 0 spiro atoms. The molecule has 3 N–H and O–H groups in total. The van der Waals surface area contributed by atoms with Crippen molar-refractivity contribution < 1.29 is 19.3 Å². The number of carbonyl (C=O) groups is 1. The number of anilines is 1. The molecule has 3 rings (SSSR count). The van der Waals surface area contributed by atoms with Crippen molar-refractivity contribution in [2.45, 2.75) is 6.54 Å². The number of thiophene rings is 1. The van der Waals surface area contributed by atoms with Gasteiger partial charge >= 0.3 is 0 Å². The molecule has 25 heavy (non-hydrogen) atoms. The third-order valence-corrected chi connectivity index (χ3v) is 5.69. The fourth-order valence-corrected chi connectivity index (χ4v) is 4.18. The summed E-state index contributed by atoms with van der Waals surface area (Å²) in [6.45, 7) is 5.86. The Kier molecular flexibility index (Phi) is 6.31. The van der Waals surface area contributed by atoms with Gasteiger partial charge in [0.1, 0.15) is 38.5 Å². The maximum atomic E-state index is 12.3. The molecule has 0 radical (unpaired) electrons. The van der Waals surface area contributed by atoms with E-state index in [0.29, 0.717) is 23.0 Å². The topological polar surface area (TPSA) is 47.2 Å². The van der Waals surface area contributed by atoms with Gasteiger partial charge < -0.3 is 19.9 Å². The monoisotopic (exact) mass is 381 g/mol. The molecule has 1 fully saturated rings. The number of amides is 1. The molecule has 1 aromatic heterocycles. The lowest BCUT2D eigenvalue weighted by molar-refractivity contribution is -1.01. The molecule has 1 aliphatic rings. The van der Waals surface area contributed by atoms with Crippen molar-refractivity contribution in [1.82, 2.24) is 0 Å². The van der Waals surface area contributed by atoms with Crippen molar-refractivity contribution in [2.75, 3.05) is 45.2 Å². The maximum Gasteiger partial charge on any atom is 0.279 e. The number of carbonyl (C=O) groups excluding carboxylic acids is 1. The second-order valence-electron chi connectivity index (χ2n) is 6.33. The van der Waals surface area contributed by atoms with Crippen molar-refractivity contribution in [1.29, 1.82) is 0 Å². The smallest absolute Gasteiger partial charge is 0.279 e. The van der Waals surface area contributed by atoms with Crippen LogP contribution in [-0.4, -0.2) is 45.7 Å². The molecule has 0 bridgehead atoms. The lowest BCUT2D eigenvalue weighted by Gasteiger charge is -2.29. The predicted octanol–water partition coefficient (Wildman–Crippen LogP) is 0.332. The molecule has 0 aliphatic carbocycles. The van der Waals surface area contributed by atoms with Crippen LogP contribution in [0.4, 0.5) is 5.69 Å². The van der Waals surface area contributed by atoms with Crippen LogP contribution >= 0.6 is 22.9 Å². The SMILES string of the molecule is COc1ccc(NC(=O)C[NH+]2CC[NH+](Cc3cccs3)CC2)cc1Cl. The van der Waals surface area contributed by atoms with Gasteiger partial charge in [-0.2, -0.15) is 0 Å². The highest BCUT2D eigenvalue weighted by Gasteiger charge is 2.25. The number of halogens is 1. The van der Waals surface area contributed by atoms with Crippen LogP contribution < -0.4 is 19.9 Å². The summed E-state index contributed by atoms with van der Waals surface area (Å²) in [6.07, 6.45) is 0. The summed E-state index contributed by atoms with van der Waals surface area (Å²) in [5.41, 5.74) is 0.706. The van der Waals surface area contributed by atoms with E-state index in [1.54, 1.807) is 30.2 Å². The van der Waals surface area contributed by atoms with Gasteiger partial charge in [0.05, 0.1) is 17.0 Å². The van der Waals surface area contributed by atoms with E-state index in [2.05, 4.69) is 22.8 Å². The fraction of sp³-hybridized carbons (Fsp3) is 0.389. The minimum absolute atomic E-state index is 0.0259. The average molecular weight is 382 g/mol. The highest BCUT2D eigenvalue weighted by Crippen LogP contribution is 2.26. The number of piperazine rings is 1. The van der Waals surface area contributed by atoms with Crippen LogP contribution in [0.25, 0.3) is 0 Å². The van der Waals surface area contributed by atoms with Gasteiger partial charge in [0.25, 0.3) is 5.91 Å². The summed E-state index contributed by atoms with van der Waals surface area (Å²) >= 11 is 7.92. The second-order valence-corrected chi connectivity index (χ2v) is 7.77. The molecule has 134 valence electrons. The van der Waals surface area contributed by atoms with Crippen molar-refractivity contribution in [3.8, 4) is 5.75 Å². The van der Waals surface area contributed by atoms with Gasteiger partial charge in [0, 0.05) is 5.69 Å². The van der Waals surface area contributed by atoms with Crippen LogP contribution in [0, 0.1) is 0 Å².